The minimum absolute atomic E-state index is 0.0780. The number of amides is 2. The fourth-order valence-electron chi connectivity index (χ4n) is 3.49. The van der Waals surface area contributed by atoms with E-state index < -0.39 is 0 Å². The van der Waals surface area contributed by atoms with E-state index in [4.69, 9.17) is 0 Å². The summed E-state index contributed by atoms with van der Waals surface area (Å²) in [5, 5.41) is 9.83. The molecule has 0 radical (unpaired) electrons. The molecule has 0 saturated carbocycles. The number of aromatic amines is 1. The molecule has 140 valence electrons. The van der Waals surface area contributed by atoms with Gasteiger partial charge in [-0.15, -0.1) is 0 Å². The van der Waals surface area contributed by atoms with Crippen molar-refractivity contribution in [2.24, 2.45) is 13.0 Å². The van der Waals surface area contributed by atoms with Crippen LogP contribution in [0.2, 0.25) is 0 Å². The van der Waals surface area contributed by atoms with Gasteiger partial charge in [-0.05, 0) is 48.6 Å². The lowest BCUT2D eigenvalue weighted by molar-refractivity contribution is 0.221. The molecule has 27 heavy (non-hydrogen) atoms. The van der Waals surface area contributed by atoms with Crippen molar-refractivity contribution in [3.05, 3.63) is 64.8 Å². The Kier molecular flexibility index (Phi) is 4.53. The SMILES string of the molecule is Cn1cc(CC2CCN(C(=O)Nc3ccc(-n4ccc(=O)[nH]4)cc3)C2)cn1. The summed E-state index contributed by atoms with van der Waals surface area (Å²) in [7, 11) is 1.91. The molecule has 0 aliphatic carbocycles. The third-order valence-electron chi connectivity index (χ3n) is 4.86. The van der Waals surface area contributed by atoms with Gasteiger partial charge in [0.2, 0.25) is 0 Å². The van der Waals surface area contributed by atoms with E-state index in [0.29, 0.717) is 5.92 Å². The summed E-state index contributed by atoms with van der Waals surface area (Å²) in [6, 6.07) is 8.74. The van der Waals surface area contributed by atoms with Crippen molar-refractivity contribution in [2.75, 3.05) is 18.4 Å². The van der Waals surface area contributed by atoms with Crippen LogP contribution in [-0.2, 0) is 13.5 Å². The van der Waals surface area contributed by atoms with Crippen LogP contribution in [0, 0.1) is 5.92 Å². The average Bonchev–Trinajstić information content (AvgIpc) is 3.38. The highest BCUT2D eigenvalue weighted by molar-refractivity contribution is 5.89. The van der Waals surface area contributed by atoms with E-state index in [0.717, 1.165) is 37.3 Å². The average molecular weight is 366 g/mol. The van der Waals surface area contributed by atoms with Crippen LogP contribution in [0.4, 0.5) is 10.5 Å². The van der Waals surface area contributed by atoms with Crippen molar-refractivity contribution in [3.63, 3.8) is 0 Å². The number of likely N-dealkylation sites (tertiary alicyclic amines) is 1. The second-order valence-electron chi connectivity index (χ2n) is 6.97. The molecule has 1 aliphatic rings. The zero-order valence-electron chi connectivity index (χ0n) is 15.1. The quantitative estimate of drug-likeness (QED) is 0.740. The number of carbonyl (C=O) groups excluding carboxylic acids is 1. The molecular weight excluding hydrogens is 344 g/mol. The van der Waals surface area contributed by atoms with Crippen molar-refractivity contribution >= 4 is 11.7 Å². The third-order valence-corrected chi connectivity index (χ3v) is 4.86. The van der Waals surface area contributed by atoms with Gasteiger partial charge in [-0.1, -0.05) is 0 Å². The molecule has 8 nitrogen and oxygen atoms in total. The standard InChI is InChI=1S/C19H22N6O2/c1-23-12-15(11-20-23)10-14-6-8-24(13-14)19(27)21-16-2-4-17(5-3-16)25-9-7-18(26)22-25/h2-5,7,9,11-12,14H,6,8,10,13H2,1H3,(H,21,27)(H,22,26). The summed E-state index contributed by atoms with van der Waals surface area (Å²) >= 11 is 0. The Bertz CT molecular complexity index is 984. The Hall–Kier alpha value is -3.29. The fourth-order valence-corrected chi connectivity index (χ4v) is 3.49. The molecule has 2 amide bonds. The number of anilines is 1. The molecule has 4 rings (SSSR count). The van der Waals surface area contributed by atoms with E-state index in [1.807, 2.05) is 53.3 Å². The van der Waals surface area contributed by atoms with Gasteiger partial charge in [-0.2, -0.15) is 5.10 Å². The molecular formula is C19H22N6O2. The van der Waals surface area contributed by atoms with Gasteiger partial charge in [0, 0.05) is 44.3 Å². The fraction of sp³-hybridized carbons (Fsp3) is 0.316. The largest absolute Gasteiger partial charge is 0.324 e. The van der Waals surface area contributed by atoms with Crippen LogP contribution in [0.25, 0.3) is 5.69 Å². The maximum atomic E-state index is 12.5. The number of nitrogens with one attached hydrogen (secondary N) is 2. The molecule has 2 N–H and O–H groups in total. The molecule has 1 saturated heterocycles. The number of rotatable bonds is 4. The summed E-state index contributed by atoms with van der Waals surface area (Å²) in [6.45, 7) is 1.52. The molecule has 3 aromatic rings. The Labute approximate surface area is 156 Å². The first-order valence-electron chi connectivity index (χ1n) is 8.98. The second kappa shape index (κ2) is 7.14. The molecule has 0 bridgehead atoms. The summed E-state index contributed by atoms with van der Waals surface area (Å²) in [5.41, 5.74) is 2.62. The number of nitrogens with zero attached hydrogens (tertiary/aromatic N) is 4. The zero-order chi connectivity index (χ0) is 18.8. The molecule has 1 aliphatic heterocycles. The van der Waals surface area contributed by atoms with Crippen LogP contribution in [-0.4, -0.2) is 43.6 Å². The van der Waals surface area contributed by atoms with Crippen LogP contribution >= 0.6 is 0 Å². The minimum atomic E-state index is -0.151. The Balaban J connectivity index is 1.33. The van der Waals surface area contributed by atoms with E-state index in [2.05, 4.69) is 15.5 Å². The predicted molar refractivity (Wildman–Crippen MR) is 102 cm³/mol. The minimum Gasteiger partial charge on any atom is -0.324 e. The number of aromatic nitrogens is 4. The number of aryl methyl sites for hydroxylation is 1. The summed E-state index contributed by atoms with van der Waals surface area (Å²) in [4.78, 5) is 25.6. The van der Waals surface area contributed by atoms with Crippen LogP contribution < -0.4 is 10.9 Å². The lowest BCUT2D eigenvalue weighted by Crippen LogP contribution is -2.33. The zero-order valence-corrected chi connectivity index (χ0v) is 15.1. The molecule has 8 heteroatoms. The predicted octanol–water partition coefficient (Wildman–Crippen LogP) is 2.00. The first-order chi connectivity index (χ1) is 13.1. The number of carbonyl (C=O) groups is 1. The van der Waals surface area contributed by atoms with Gasteiger partial charge in [0.25, 0.3) is 5.56 Å². The number of hydrogen-bond donors (Lipinski definition) is 2. The number of benzene rings is 1. The Morgan fingerprint density at radius 3 is 2.78 bits per heavy atom. The van der Waals surface area contributed by atoms with Gasteiger partial charge in [-0.25, -0.2) is 4.79 Å². The van der Waals surface area contributed by atoms with E-state index in [-0.39, 0.29) is 11.6 Å². The summed E-state index contributed by atoms with van der Waals surface area (Å²) < 4.78 is 3.44. The van der Waals surface area contributed by atoms with E-state index >= 15 is 0 Å². The topological polar surface area (TPSA) is 88.0 Å². The molecule has 1 unspecified atom stereocenters. The van der Waals surface area contributed by atoms with Crippen molar-refractivity contribution in [1.82, 2.24) is 24.5 Å². The van der Waals surface area contributed by atoms with Gasteiger partial charge in [-0.3, -0.25) is 19.3 Å². The lowest BCUT2D eigenvalue weighted by Gasteiger charge is -2.17. The van der Waals surface area contributed by atoms with Crippen LogP contribution in [0.5, 0.6) is 0 Å². The first-order valence-corrected chi connectivity index (χ1v) is 8.98. The number of H-pyrrole nitrogens is 1. The maximum Gasteiger partial charge on any atom is 0.321 e. The molecule has 1 aromatic carbocycles. The summed E-state index contributed by atoms with van der Waals surface area (Å²) in [5.74, 6) is 0.466. The molecule has 0 spiro atoms. The van der Waals surface area contributed by atoms with Gasteiger partial charge < -0.3 is 10.2 Å². The normalized spacial score (nSPS) is 16.6. The van der Waals surface area contributed by atoms with Gasteiger partial charge in [0.05, 0.1) is 11.9 Å². The Morgan fingerprint density at radius 2 is 2.11 bits per heavy atom. The van der Waals surface area contributed by atoms with Gasteiger partial charge in [0.1, 0.15) is 0 Å². The first kappa shape index (κ1) is 17.1. The lowest BCUT2D eigenvalue weighted by atomic mass is 10.0. The van der Waals surface area contributed by atoms with Crippen molar-refractivity contribution < 1.29 is 4.79 Å². The monoisotopic (exact) mass is 366 g/mol. The van der Waals surface area contributed by atoms with Crippen LogP contribution in [0.1, 0.15) is 12.0 Å². The molecule has 2 aromatic heterocycles. The van der Waals surface area contributed by atoms with E-state index in [1.165, 1.54) is 11.6 Å². The molecule has 3 heterocycles. The Morgan fingerprint density at radius 1 is 1.30 bits per heavy atom. The second-order valence-corrected chi connectivity index (χ2v) is 6.97. The highest BCUT2D eigenvalue weighted by atomic mass is 16.2. The molecule has 1 fully saturated rings. The third kappa shape index (κ3) is 3.94. The number of urea groups is 1. The molecule has 1 atom stereocenters. The van der Waals surface area contributed by atoms with Crippen molar-refractivity contribution in [1.29, 1.82) is 0 Å². The highest BCUT2D eigenvalue weighted by Gasteiger charge is 2.26. The van der Waals surface area contributed by atoms with Crippen LogP contribution in [0.3, 0.4) is 0 Å². The maximum absolute atomic E-state index is 12.5. The van der Waals surface area contributed by atoms with Crippen molar-refractivity contribution in [2.45, 2.75) is 12.8 Å². The smallest absolute Gasteiger partial charge is 0.321 e. The van der Waals surface area contributed by atoms with E-state index in [9.17, 15) is 9.59 Å². The van der Waals surface area contributed by atoms with Crippen LogP contribution in [0.15, 0.2) is 53.7 Å². The number of hydrogen-bond acceptors (Lipinski definition) is 3. The van der Waals surface area contributed by atoms with E-state index in [1.54, 1.807) is 10.9 Å². The summed E-state index contributed by atoms with van der Waals surface area (Å²) in [6.07, 6.45) is 7.54. The highest BCUT2D eigenvalue weighted by Crippen LogP contribution is 2.22. The van der Waals surface area contributed by atoms with Gasteiger partial charge in [0.15, 0.2) is 0 Å². The van der Waals surface area contributed by atoms with Gasteiger partial charge >= 0.3 is 6.03 Å². The van der Waals surface area contributed by atoms with Crippen molar-refractivity contribution in [3.8, 4) is 5.69 Å².